The Hall–Kier alpha value is -2.67. The predicted molar refractivity (Wildman–Crippen MR) is 110 cm³/mol. The van der Waals surface area contributed by atoms with Gasteiger partial charge in [-0.3, -0.25) is 9.89 Å². The molecular formula is C22H25N5O2. The Morgan fingerprint density at radius 2 is 1.90 bits per heavy atom. The molecule has 3 heterocycles. The summed E-state index contributed by atoms with van der Waals surface area (Å²) in [4.78, 5) is 21.8. The Balaban J connectivity index is 1.36. The summed E-state index contributed by atoms with van der Waals surface area (Å²) in [5, 5.41) is 6.64. The van der Waals surface area contributed by atoms with Gasteiger partial charge in [-0.25, -0.2) is 4.98 Å². The molecule has 1 atom stereocenters. The monoisotopic (exact) mass is 391 g/mol. The van der Waals surface area contributed by atoms with Crippen LogP contribution in [-0.4, -0.2) is 32.8 Å². The van der Waals surface area contributed by atoms with Crippen LogP contribution in [0.5, 0.6) is 0 Å². The van der Waals surface area contributed by atoms with E-state index in [0.29, 0.717) is 17.6 Å². The third-order valence-corrected chi connectivity index (χ3v) is 6.62. The molecule has 7 nitrogen and oxygen atoms in total. The first kappa shape index (κ1) is 17.2. The molecule has 1 aliphatic heterocycles. The van der Waals surface area contributed by atoms with Crippen LogP contribution in [0, 0.1) is 5.92 Å². The molecule has 3 aliphatic rings. The molecule has 2 N–H and O–H groups in total. The van der Waals surface area contributed by atoms with Gasteiger partial charge in [0.2, 0.25) is 5.95 Å². The van der Waals surface area contributed by atoms with E-state index >= 15 is 0 Å². The average molecular weight is 391 g/mol. The molecule has 1 aromatic carbocycles. The highest BCUT2D eigenvalue weighted by molar-refractivity contribution is 5.70. The summed E-state index contributed by atoms with van der Waals surface area (Å²) in [5.41, 5.74) is 7.68. The number of aromatic nitrogens is 4. The number of ether oxygens (including phenoxy) is 1. The fourth-order valence-electron chi connectivity index (χ4n) is 5.21. The summed E-state index contributed by atoms with van der Waals surface area (Å²) in [6.45, 7) is 1.55. The van der Waals surface area contributed by atoms with Crippen LogP contribution in [0.2, 0.25) is 0 Å². The van der Waals surface area contributed by atoms with Crippen molar-refractivity contribution in [1.29, 1.82) is 0 Å². The maximum atomic E-state index is 12.6. The smallest absolute Gasteiger partial charge is 0.274 e. The normalized spacial score (nSPS) is 20.3. The van der Waals surface area contributed by atoms with E-state index in [-0.39, 0.29) is 5.56 Å². The Morgan fingerprint density at radius 1 is 1.10 bits per heavy atom. The number of aromatic amines is 1. The van der Waals surface area contributed by atoms with Gasteiger partial charge in [0, 0.05) is 25.0 Å². The Labute approximate surface area is 168 Å². The van der Waals surface area contributed by atoms with E-state index < -0.39 is 0 Å². The molecule has 1 unspecified atom stereocenters. The number of nitrogens with one attached hydrogen (secondary N) is 2. The van der Waals surface area contributed by atoms with Crippen LogP contribution in [0.25, 0.3) is 5.78 Å². The molecule has 1 fully saturated rings. The third-order valence-electron chi connectivity index (χ3n) is 6.62. The SMILES string of the molecule is O=c1cc(CC2CCOC2)nc2nc(Nc3c4c(cc5c3CCC5)CCC4)[nH]n12. The zero-order chi connectivity index (χ0) is 19.4. The van der Waals surface area contributed by atoms with Crippen LogP contribution in [0.4, 0.5) is 11.6 Å². The number of fused-ring (bicyclic) bond motifs is 3. The minimum Gasteiger partial charge on any atom is -0.381 e. The van der Waals surface area contributed by atoms with E-state index in [2.05, 4.69) is 26.4 Å². The molecule has 0 spiro atoms. The van der Waals surface area contributed by atoms with Crippen molar-refractivity contribution in [3.63, 3.8) is 0 Å². The number of aryl methyl sites for hydroxylation is 2. The maximum Gasteiger partial charge on any atom is 0.274 e. The lowest BCUT2D eigenvalue weighted by Gasteiger charge is -2.15. The van der Waals surface area contributed by atoms with Gasteiger partial charge in [-0.05, 0) is 79.5 Å². The third kappa shape index (κ3) is 2.95. The number of anilines is 2. The number of hydrogen-bond acceptors (Lipinski definition) is 5. The van der Waals surface area contributed by atoms with Crippen LogP contribution < -0.4 is 10.9 Å². The van der Waals surface area contributed by atoms with Gasteiger partial charge in [-0.15, -0.1) is 0 Å². The standard InChI is InChI=1S/C22H25N5O2/c28-19-11-16(9-13-7-8-29-12-13)23-22-25-21(26-27(19)22)24-20-17-5-1-3-14(17)10-15-4-2-6-18(15)20/h10-11,13H,1-9,12H2,(H2,23,24,25,26). The zero-order valence-corrected chi connectivity index (χ0v) is 16.5. The second kappa shape index (κ2) is 6.69. The molecule has 0 bridgehead atoms. The van der Waals surface area contributed by atoms with Crippen LogP contribution in [0.1, 0.15) is 47.2 Å². The van der Waals surface area contributed by atoms with Crippen molar-refractivity contribution in [3.05, 3.63) is 50.4 Å². The lowest BCUT2D eigenvalue weighted by Crippen LogP contribution is -2.17. The molecule has 3 aromatic rings. The van der Waals surface area contributed by atoms with E-state index in [0.717, 1.165) is 57.4 Å². The molecular weight excluding hydrogens is 366 g/mol. The molecule has 2 aromatic heterocycles. The lowest BCUT2D eigenvalue weighted by molar-refractivity contribution is 0.185. The van der Waals surface area contributed by atoms with Gasteiger partial charge in [-0.2, -0.15) is 9.50 Å². The molecule has 0 saturated carbocycles. The Kier molecular flexibility index (Phi) is 3.97. The summed E-state index contributed by atoms with van der Waals surface area (Å²) >= 11 is 0. The second-order valence-electron chi connectivity index (χ2n) is 8.59. The lowest BCUT2D eigenvalue weighted by atomic mass is 9.99. The van der Waals surface area contributed by atoms with Crippen LogP contribution in [-0.2, 0) is 36.8 Å². The summed E-state index contributed by atoms with van der Waals surface area (Å²) < 4.78 is 6.88. The fraction of sp³-hybridized carbons (Fsp3) is 0.500. The van der Waals surface area contributed by atoms with Gasteiger partial charge in [0.1, 0.15) is 0 Å². The summed E-state index contributed by atoms with van der Waals surface area (Å²) in [5.74, 6) is 1.46. The van der Waals surface area contributed by atoms with E-state index in [4.69, 9.17) is 4.74 Å². The highest BCUT2D eigenvalue weighted by Gasteiger charge is 2.25. The molecule has 6 rings (SSSR count). The fourth-order valence-corrected chi connectivity index (χ4v) is 5.21. The van der Waals surface area contributed by atoms with Gasteiger partial charge in [-0.1, -0.05) is 6.07 Å². The van der Waals surface area contributed by atoms with E-state index in [9.17, 15) is 4.79 Å². The number of hydrogen-bond donors (Lipinski definition) is 2. The Bertz CT molecular complexity index is 1120. The van der Waals surface area contributed by atoms with Crippen molar-refractivity contribution in [2.45, 2.75) is 51.4 Å². The van der Waals surface area contributed by atoms with Crippen LogP contribution in [0.15, 0.2) is 16.9 Å². The number of nitrogens with zero attached hydrogens (tertiary/aromatic N) is 3. The molecule has 7 heteroatoms. The summed E-state index contributed by atoms with van der Waals surface area (Å²) in [7, 11) is 0. The van der Waals surface area contributed by atoms with Crippen LogP contribution >= 0.6 is 0 Å². The zero-order valence-electron chi connectivity index (χ0n) is 16.5. The van der Waals surface area contributed by atoms with Crippen molar-refractivity contribution in [1.82, 2.24) is 19.6 Å². The van der Waals surface area contributed by atoms with Crippen molar-refractivity contribution in [2.24, 2.45) is 5.92 Å². The summed E-state index contributed by atoms with van der Waals surface area (Å²) in [6, 6.07) is 4.03. The largest absolute Gasteiger partial charge is 0.381 e. The summed E-state index contributed by atoms with van der Waals surface area (Å²) in [6.07, 6.45) is 8.75. The van der Waals surface area contributed by atoms with E-state index in [1.807, 2.05) is 0 Å². The first-order chi connectivity index (χ1) is 14.2. The number of benzene rings is 1. The second-order valence-corrected chi connectivity index (χ2v) is 8.59. The van der Waals surface area contributed by atoms with Crippen molar-refractivity contribution >= 4 is 17.4 Å². The molecule has 2 aliphatic carbocycles. The number of H-pyrrole nitrogens is 1. The molecule has 150 valence electrons. The highest BCUT2D eigenvalue weighted by Crippen LogP contribution is 2.39. The maximum absolute atomic E-state index is 12.6. The number of rotatable bonds is 4. The van der Waals surface area contributed by atoms with Crippen molar-refractivity contribution < 1.29 is 4.74 Å². The van der Waals surface area contributed by atoms with Gasteiger partial charge in [0.15, 0.2) is 0 Å². The topological polar surface area (TPSA) is 84.3 Å². The van der Waals surface area contributed by atoms with E-state index in [1.54, 1.807) is 6.07 Å². The highest BCUT2D eigenvalue weighted by atomic mass is 16.5. The molecule has 29 heavy (non-hydrogen) atoms. The minimum absolute atomic E-state index is 0.118. The first-order valence-electron chi connectivity index (χ1n) is 10.7. The van der Waals surface area contributed by atoms with Crippen molar-refractivity contribution in [2.75, 3.05) is 18.5 Å². The molecule has 0 radical (unpaired) electrons. The quantitative estimate of drug-likeness (QED) is 0.714. The van der Waals surface area contributed by atoms with Crippen molar-refractivity contribution in [3.8, 4) is 0 Å². The van der Waals surface area contributed by atoms with E-state index in [1.165, 1.54) is 45.3 Å². The van der Waals surface area contributed by atoms with Crippen LogP contribution in [0.3, 0.4) is 0 Å². The molecule has 0 amide bonds. The molecule has 1 saturated heterocycles. The minimum atomic E-state index is -0.118. The predicted octanol–water partition coefficient (Wildman–Crippen LogP) is 2.72. The first-order valence-corrected chi connectivity index (χ1v) is 10.7. The van der Waals surface area contributed by atoms with Gasteiger partial charge in [0.25, 0.3) is 11.3 Å². The van der Waals surface area contributed by atoms with Gasteiger partial charge in [0.05, 0.1) is 5.69 Å². The van der Waals surface area contributed by atoms with Gasteiger partial charge < -0.3 is 10.1 Å². The average Bonchev–Trinajstić information content (AvgIpc) is 3.48. The Morgan fingerprint density at radius 3 is 2.62 bits per heavy atom. The van der Waals surface area contributed by atoms with Gasteiger partial charge >= 0.3 is 0 Å².